The number of nitrogens with one attached hydrogen (secondary N) is 4. The van der Waals surface area contributed by atoms with Crippen LogP contribution >= 0.6 is 59.3 Å². The number of aromatic hydroxyl groups is 1. The van der Waals surface area contributed by atoms with Crippen LogP contribution in [0, 0.1) is 39.3 Å². The van der Waals surface area contributed by atoms with Crippen LogP contribution in [0.1, 0.15) is 251 Å². The fourth-order valence-electron chi connectivity index (χ4n) is 18.6. The molecular formula is C104H114F2N4O12S5. The average molecular weight is 1810 g/mol. The second-order valence-corrected chi connectivity index (χ2v) is 44.3. The summed E-state index contributed by atoms with van der Waals surface area (Å²) in [5.74, 6) is -0.373. The maximum Gasteiger partial charge on any atom is 0.290 e. The molecule has 4 fully saturated rings. The second kappa shape index (κ2) is 35.4. The van der Waals surface area contributed by atoms with Crippen LogP contribution in [-0.2, 0) is 62.5 Å². The minimum atomic E-state index is -0.511. The van der Waals surface area contributed by atoms with E-state index < -0.39 is 22.8 Å². The lowest BCUT2D eigenvalue weighted by molar-refractivity contribution is -0.116. The zero-order valence-corrected chi connectivity index (χ0v) is 81.1. The van der Waals surface area contributed by atoms with E-state index >= 15 is 8.78 Å². The third-order valence-corrected chi connectivity index (χ3v) is 30.4. The van der Waals surface area contributed by atoms with Crippen molar-refractivity contribution in [3.8, 4) is 73.3 Å². The van der Waals surface area contributed by atoms with E-state index in [9.17, 15) is 38.7 Å². The minimum absolute atomic E-state index is 0.00483. The third-order valence-electron chi connectivity index (χ3n) is 26.8. The van der Waals surface area contributed by atoms with E-state index in [1.54, 1.807) is 63.8 Å². The van der Waals surface area contributed by atoms with Gasteiger partial charge in [-0.3, -0.25) is 49.5 Å². The number of halogens is 2. The molecule has 8 aromatic rings. The lowest BCUT2D eigenvalue weighted by Crippen LogP contribution is -2.34. The van der Waals surface area contributed by atoms with Gasteiger partial charge >= 0.3 is 0 Å². The van der Waals surface area contributed by atoms with Crippen LogP contribution in [0.15, 0.2) is 123 Å². The molecule has 5 N–H and O–H groups in total. The summed E-state index contributed by atoms with van der Waals surface area (Å²) in [5.41, 5.74) is 24.5. The van der Waals surface area contributed by atoms with Crippen LogP contribution in [0.4, 0.5) is 23.2 Å². The van der Waals surface area contributed by atoms with Gasteiger partial charge in [0.1, 0.15) is 21.6 Å². The van der Waals surface area contributed by atoms with E-state index in [4.69, 9.17) is 31.2 Å². The molecule has 4 aliphatic carbocycles. The van der Waals surface area contributed by atoms with Crippen molar-refractivity contribution in [2.24, 2.45) is 0 Å². The maximum atomic E-state index is 15.9. The molecule has 0 bridgehead atoms. The van der Waals surface area contributed by atoms with Crippen LogP contribution in [0.25, 0.3) is 68.8 Å². The molecule has 0 radical (unpaired) electrons. The molecule has 0 unspecified atom stereocenters. The Morgan fingerprint density at radius 3 is 1.00 bits per heavy atom. The molecule has 16 rings (SSSR count). The van der Waals surface area contributed by atoms with Gasteiger partial charge in [0, 0.05) is 22.3 Å². The van der Waals surface area contributed by atoms with Gasteiger partial charge in [-0.1, -0.05) is 165 Å². The maximum absolute atomic E-state index is 15.9. The fourth-order valence-corrected chi connectivity index (χ4v) is 21.7. The molecule has 4 saturated heterocycles. The van der Waals surface area contributed by atoms with Crippen molar-refractivity contribution in [2.75, 3.05) is 28.4 Å². The van der Waals surface area contributed by atoms with E-state index in [0.717, 1.165) is 165 Å². The van der Waals surface area contributed by atoms with Gasteiger partial charge in [0.25, 0.3) is 39.3 Å². The molecule has 16 nitrogen and oxygen atoms in total. The number of hydrogen-bond donors (Lipinski definition) is 5. The first kappa shape index (κ1) is 94.6. The normalized spacial score (nSPS) is 20.3. The van der Waals surface area contributed by atoms with Gasteiger partial charge in [0.15, 0.2) is 23.1 Å². The number of phenols is 1. The molecule has 4 aliphatic heterocycles. The molecule has 127 heavy (non-hydrogen) atoms. The van der Waals surface area contributed by atoms with Crippen molar-refractivity contribution in [1.29, 1.82) is 0 Å². The second-order valence-electron chi connectivity index (χ2n) is 39.5. The molecule has 4 heterocycles. The van der Waals surface area contributed by atoms with Crippen LogP contribution in [0.5, 0.6) is 28.7 Å². The SMILES string of the molecule is COc1c(F)cc(/C=C2\SC(=O)NC2=O)cc1-c1cc2c(cc1C)C(C)(C)CCC2(C)C.COc1cc(/C=C2\SC(=O)NC2=O)cc(-c2cc3c(cc2C)C(C)(C)CCC3(C)C)c1OC.COc1ccc(/C=C2\SC(=S)NC2=O)c(F)c1-c1cc2c(cc1C)C(C)(C)CCC2(C)C.Cc1cc2c(cc1-c1cc(/C=C3\SC(=O)NC3=O)ccc1O)C(C)(C)CCC2(C)C. The van der Waals surface area contributed by atoms with E-state index in [0.29, 0.717) is 58.5 Å². The Balaban J connectivity index is 0.000000145. The highest BCUT2D eigenvalue weighted by Crippen LogP contribution is 2.55. The van der Waals surface area contributed by atoms with Crippen LogP contribution in [-0.4, -0.2) is 77.2 Å². The molecule has 8 aromatic carbocycles. The molecule has 666 valence electrons. The number of benzene rings is 8. The topological polar surface area (TPSA) is 225 Å². The number of carbonyl (C=O) groups excluding carboxylic acids is 7. The quantitative estimate of drug-likeness (QED) is 0.0566. The molecular weight excluding hydrogens is 1700 g/mol. The Morgan fingerprint density at radius 2 is 0.654 bits per heavy atom. The van der Waals surface area contributed by atoms with Gasteiger partial charge in [-0.15, -0.1) is 0 Å². The minimum Gasteiger partial charge on any atom is -0.507 e. The number of amides is 7. The highest BCUT2D eigenvalue weighted by atomic mass is 32.2. The first-order valence-corrected chi connectivity index (χ1v) is 46.5. The number of thiocarbonyl (C=S) groups is 1. The predicted octanol–water partition coefficient (Wildman–Crippen LogP) is 25.5. The number of imide groups is 3. The summed E-state index contributed by atoms with van der Waals surface area (Å²) in [7, 11) is 6.25. The molecule has 0 spiro atoms. The lowest BCUT2D eigenvalue weighted by Gasteiger charge is -2.42. The molecule has 7 amide bonds. The summed E-state index contributed by atoms with van der Waals surface area (Å²) >= 11 is 8.81. The highest BCUT2D eigenvalue weighted by molar-refractivity contribution is 8.27. The summed E-state index contributed by atoms with van der Waals surface area (Å²) in [6.07, 6.45) is 15.4. The van der Waals surface area contributed by atoms with E-state index in [1.807, 2.05) is 38.1 Å². The van der Waals surface area contributed by atoms with Crippen molar-refractivity contribution >= 4 is 127 Å². The van der Waals surface area contributed by atoms with Crippen molar-refractivity contribution in [3.05, 3.63) is 223 Å². The van der Waals surface area contributed by atoms with Gasteiger partial charge in [-0.25, -0.2) is 8.78 Å². The number of fused-ring (bicyclic) bond motifs is 4. The van der Waals surface area contributed by atoms with Gasteiger partial charge in [-0.05, 0) is 360 Å². The number of rotatable bonds is 12. The smallest absolute Gasteiger partial charge is 0.290 e. The third kappa shape index (κ3) is 19.2. The Bertz CT molecular complexity index is 6140. The lowest BCUT2D eigenvalue weighted by atomic mass is 9.62. The Hall–Kier alpha value is -10.0. The Labute approximate surface area is 767 Å². The zero-order valence-electron chi connectivity index (χ0n) is 77.0. The molecule has 0 saturated carbocycles. The van der Waals surface area contributed by atoms with Crippen LogP contribution < -0.4 is 40.2 Å². The van der Waals surface area contributed by atoms with E-state index in [2.05, 4.69) is 194 Å². The summed E-state index contributed by atoms with van der Waals surface area (Å²) < 4.78 is 53.8. The van der Waals surface area contributed by atoms with E-state index in [-0.39, 0.29) is 87.9 Å². The summed E-state index contributed by atoms with van der Waals surface area (Å²) in [5, 5.41) is 18.9. The molecule has 23 heteroatoms. The number of carbonyl (C=O) groups is 7. The van der Waals surface area contributed by atoms with Crippen LogP contribution in [0.2, 0.25) is 0 Å². The van der Waals surface area contributed by atoms with Gasteiger partial charge in [0.2, 0.25) is 0 Å². The molecule has 0 atom stereocenters. The molecule has 0 aromatic heterocycles. The largest absolute Gasteiger partial charge is 0.507 e. The number of ether oxygens (including phenoxy) is 4. The number of phenolic OH excluding ortho intramolecular Hbond substituents is 1. The van der Waals surface area contributed by atoms with Gasteiger partial charge < -0.3 is 29.4 Å². The monoisotopic (exact) mass is 1810 g/mol. The van der Waals surface area contributed by atoms with Crippen molar-refractivity contribution in [1.82, 2.24) is 21.3 Å². The van der Waals surface area contributed by atoms with Gasteiger partial charge in [-0.2, -0.15) is 0 Å². The number of methoxy groups -OCH3 is 4. The molecule has 8 aliphatic rings. The predicted molar refractivity (Wildman–Crippen MR) is 519 cm³/mol. The van der Waals surface area contributed by atoms with Crippen molar-refractivity contribution < 1.29 is 66.4 Å². The first-order valence-electron chi connectivity index (χ1n) is 42.8. The average Bonchev–Trinajstić information content (AvgIpc) is 1.02. The number of thioether (sulfide) groups is 4. The zero-order chi connectivity index (χ0) is 92.8. The number of aryl methyl sites for hydroxylation is 4. The number of hydrogen-bond acceptors (Lipinski definition) is 17. The standard InChI is InChI=1S/C27H31NO4S.C26H28FNO3S.C26H28FNO2S2.C25H27NO3S/c1-15-10-19-20(27(4,5)9-8-26(19,2)3)14-17(15)18-11-16(12-21(31-6)23(18)32-7)13-22-24(29)28-25(30)33-22;1-14-9-18-19(26(4,5)8-7-25(18,2)3)13-16(14)17-10-15(11-20(27)22(17)31-6)12-21-23(29)28-24(30)32-21;1-14-11-17-18(26(4,5)10-9-25(17,2)3)13-16(14)21-19(30-6)8-7-15(22(21)27)12-20-23(29)28-24(31)32-20;1-14-10-18-19(25(4,5)9-8-24(18,2)3)13-16(14)17-11-15(6-7-20(17)27)12-21-22(28)26-23(29)30-21/h10-14H,8-9H2,1-7H3,(H,28,29,30);9-13H,7-8H2,1-6H3,(H,28,29,30);7-8,11-13H,9-10H2,1-6H3,(H,28,29,31);6-7,10-13,27H,8-9H2,1-5H3,(H,26,28,29)/b22-13-;21-12-;20-12-;21-12-. The van der Waals surface area contributed by atoms with Gasteiger partial charge in [0.05, 0.1) is 53.6 Å². The summed E-state index contributed by atoms with van der Waals surface area (Å²) in [6.45, 7) is 44.8. The van der Waals surface area contributed by atoms with Crippen molar-refractivity contribution in [2.45, 2.75) is 233 Å². The van der Waals surface area contributed by atoms with Crippen molar-refractivity contribution in [3.63, 3.8) is 0 Å². The fraction of sp³-hybridized carbons (Fsp3) is 0.385. The Kier molecular flexibility index (Phi) is 26.4. The highest BCUT2D eigenvalue weighted by Gasteiger charge is 2.44. The first-order chi connectivity index (χ1) is 59.3. The summed E-state index contributed by atoms with van der Waals surface area (Å²) in [6, 6.07) is 33.6. The van der Waals surface area contributed by atoms with E-state index in [1.165, 1.54) is 63.8 Å². The Morgan fingerprint density at radius 1 is 0.339 bits per heavy atom. The van der Waals surface area contributed by atoms with Crippen LogP contribution in [0.3, 0.4) is 0 Å². The summed E-state index contributed by atoms with van der Waals surface area (Å²) in [4.78, 5) is 83.9.